The molecule has 0 fully saturated rings. The maximum absolute atomic E-state index is 12.1. The molecule has 7 heteroatoms. The SMILES string of the molecule is CCNCCNC(=O)c1cnn(-c2ccc(Br)cc2)c1C.Cl. The van der Waals surface area contributed by atoms with Crippen LogP contribution in [0.15, 0.2) is 34.9 Å². The smallest absolute Gasteiger partial charge is 0.254 e. The van der Waals surface area contributed by atoms with Gasteiger partial charge in [0.05, 0.1) is 23.1 Å². The van der Waals surface area contributed by atoms with E-state index in [1.807, 2.05) is 38.1 Å². The highest BCUT2D eigenvalue weighted by Gasteiger charge is 2.14. The van der Waals surface area contributed by atoms with Crippen molar-refractivity contribution in [1.82, 2.24) is 20.4 Å². The fourth-order valence-corrected chi connectivity index (χ4v) is 2.28. The van der Waals surface area contributed by atoms with Crippen LogP contribution in [-0.4, -0.2) is 35.3 Å². The van der Waals surface area contributed by atoms with Crippen molar-refractivity contribution in [3.8, 4) is 5.69 Å². The van der Waals surface area contributed by atoms with E-state index in [4.69, 9.17) is 0 Å². The van der Waals surface area contributed by atoms with E-state index in [2.05, 4.69) is 31.7 Å². The predicted octanol–water partition coefficient (Wildman–Crippen LogP) is 2.70. The molecule has 0 spiro atoms. The Morgan fingerprint density at radius 2 is 1.95 bits per heavy atom. The lowest BCUT2D eigenvalue weighted by atomic mass is 10.2. The summed E-state index contributed by atoms with van der Waals surface area (Å²) in [6.45, 7) is 6.20. The molecule has 120 valence electrons. The summed E-state index contributed by atoms with van der Waals surface area (Å²) >= 11 is 3.41. The van der Waals surface area contributed by atoms with E-state index in [1.54, 1.807) is 10.9 Å². The molecule has 5 nitrogen and oxygen atoms in total. The van der Waals surface area contributed by atoms with Crippen molar-refractivity contribution in [2.75, 3.05) is 19.6 Å². The Bertz CT molecular complexity index is 613. The Hall–Kier alpha value is -1.37. The molecule has 22 heavy (non-hydrogen) atoms. The van der Waals surface area contributed by atoms with E-state index in [1.165, 1.54) is 0 Å². The number of halogens is 2. The van der Waals surface area contributed by atoms with Gasteiger partial charge in [0, 0.05) is 17.6 Å². The molecule has 1 heterocycles. The minimum Gasteiger partial charge on any atom is -0.351 e. The molecular weight excluding hydrogens is 368 g/mol. The molecular formula is C15H20BrClN4O. The minimum absolute atomic E-state index is 0. The van der Waals surface area contributed by atoms with Crippen molar-refractivity contribution in [2.45, 2.75) is 13.8 Å². The number of amides is 1. The third kappa shape index (κ3) is 4.56. The third-order valence-corrected chi connectivity index (χ3v) is 3.69. The Balaban J connectivity index is 0.00000242. The topological polar surface area (TPSA) is 58.9 Å². The van der Waals surface area contributed by atoms with Gasteiger partial charge in [0.15, 0.2) is 0 Å². The lowest BCUT2D eigenvalue weighted by Crippen LogP contribution is -2.31. The first kappa shape index (κ1) is 18.7. The van der Waals surface area contributed by atoms with Gasteiger partial charge in [-0.15, -0.1) is 12.4 Å². The minimum atomic E-state index is -0.0891. The summed E-state index contributed by atoms with van der Waals surface area (Å²) < 4.78 is 2.78. The van der Waals surface area contributed by atoms with Crippen molar-refractivity contribution in [2.24, 2.45) is 0 Å². The highest BCUT2D eigenvalue weighted by molar-refractivity contribution is 9.10. The number of aromatic nitrogens is 2. The molecule has 0 aliphatic rings. The van der Waals surface area contributed by atoms with E-state index < -0.39 is 0 Å². The quantitative estimate of drug-likeness (QED) is 0.749. The average molecular weight is 388 g/mol. The van der Waals surface area contributed by atoms with Gasteiger partial charge >= 0.3 is 0 Å². The van der Waals surface area contributed by atoms with Crippen LogP contribution < -0.4 is 10.6 Å². The van der Waals surface area contributed by atoms with Gasteiger partial charge in [-0.3, -0.25) is 4.79 Å². The second-order valence-corrected chi connectivity index (χ2v) is 5.56. The van der Waals surface area contributed by atoms with Crippen LogP contribution >= 0.6 is 28.3 Å². The monoisotopic (exact) mass is 386 g/mol. The van der Waals surface area contributed by atoms with Crippen LogP contribution in [0, 0.1) is 6.92 Å². The largest absolute Gasteiger partial charge is 0.351 e. The number of hydrogen-bond acceptors (Lipinski definition) is 3. The Kier molecular flexibility index (Phi) is 7.58. The Labute approximate surface area is 145 Å². The number of benzene rings is 1. The van der Waals surface area contributed by atoms with Crippen LogP contribution in [0.2, 0.25) is 0 Å². The van der Waals surface area contributed by atoms with Crippen LogP contribution in [0.1, 0.15) is 23.0 Å². The molecule has 0 aliphatic carbocycles. The molecule has 1 amide bonds. The van der Waals surface area contributed by atoms with Gasteiger partial charge in [-0.2, -0.15) is 5.10 Å². The van der Waals surface area contributed by atoms with E-state index >= 15 is 0 Å². The molecule has 2 N–H and O–H groups in total. The normalized spacial score (nSPS) is 10.1. The first-order valence-corrected chi connectivity index (χ1v) is 7.72. The zero-order valence-corrected chi connectivity index (χ0v) is 15.0. The van der Waals surface area contributed by atoms with Crippen molar-refractivity contribution in [1.29, 1.82) is 0 Å². The molecule has 0 bridgehead atoms. The van der Waals surface area contributed by atoms with Crippen LogP contribution in [0.4, 0.5) is 0 Å². The van der Waals surface area contributed by atoms with Crippen LogP contribution in [-0.2, 0) is 0 Å². The van der Waals surface area contributed by atoms with E-state index in [0.717, 1.165) is 28.9 Å². The standard InChI is InChI=1S/C15H19BrN4O.ClH/c1-3-17-8-9-18-15(21)14-10-19-20(11(14)2)13-6-4-12(16)5-7-13;/h4-7,10,17H,3,8-9H2,1-2H3,(H,18,21);1H. The summed E-state index contributed by atoms with van der Waals surface area (Å²) in [6.07, 6.45) is 1.61. The fraction of sp³-hybridized carbons (Fsp3) is 0.333. The first-order chi connectivity index (χ1) is 10.1. The second-order valence-electron chi connectivity index (χ2n) is 4.64. The van der Waals surface area contributed by atoms with Crippen molar-refractivity contribution in [3.05, 3.63) is 46.2 Å². The highest BCUT2D eigenvalue weighted by Crippen LogP contribution is 2.17. The van der Waals surface area contributed by atoms with E-state index in [9.17, 15) is 4.79 Å². The number of carbonyl (C=O) groups excluding carboxylic acids is 1. The number of nitrogens with zero attached hydrogens (tertiary/aromatic N) is 2. The number of rotatable bonds is 6. The van der Waals surface area contributed by atoms with Crippen LogP contribution in [0.5, 0.6) is 0 Å². The maximum atomic E-state index is 12.1. The number of hydrogen-bond donors (Lipinski definition) is 2. The first-order valence-electron chi connectivity index (χ1n) is 6.93. The second kappa shape index (κ2) is 8.92. The van der Waals surface area contributed by atoms with E-state index in [-0.39, 0.29) is 18.3 Å². The van der Waals surface area contributed by atoms with Crippen molar-refractivity contribution >= 4 is 34.2 Å². The van der Waals surface area contributed by atoms with Crippen molar-refractivity contribution < 1.29 is 4.79 Å². The molecule has 1 aromatic carbocycles. The lowest BCUT2D eigenvalue weighted by Gasteiger charge is -2.07. The summed E-state index contributed by atoms with van der Waals surface area (Å²) in [5.41, 5.74) is 2.37. The summed E-state index contributed by atoms with van der Waals surface area (Å²) in [7, 11) is 0. The summed E-state index contributed by atoms with van der Waals surface area (Å²) in [4.78, 5) is 12.1. The summed E-state index contributed by atoms with van der Waals surface area (Å²) in [5.74, 6) is -0.0891. The van der Waals surface area contributed by atoms with Crippen LogP contribution in [0.25, 0.3) is 5.69 Å². The number of carbonyl (C=O) groups is 1. The van der Waals surface area contributed by atoms with Gasteiger partial charge in [-0.1, -0.05) is 22.9 Å². The maximum Gasteiger partial charge on any atom is 0.254 e. The number of likely N-dealkylation sites (N-methyl/N-ethyl adjacent to an activating group) is 1. The predicted molar refractivity (Wildman–Crippen MR) is 94.1 cm³/mol. The lowest BCUT2D eigenvalue weighted by molar-refractivity contribution is 0.0953. The third-order valence-electron chi connectivity index (χ3n) is 3.16. The number of nitrogens with one attached hydrogen (secondary N) is 2. The van der Waals surface area contributed by atoms with Gasteiger partial charge in [0.2, 0.25) is 0 Å². The molecule has 2 aromatic rings. The van der Waals surface area contributed by atoms with Crippen LogP contribution in [0.3, 0.4) is 0 Å². The highest BCUT2D eigenvalue weighted by atomic mass is 79.9. The molecule has 2 rings (SSSR count). The van der Waals surface area contributed by atoms with E-state index in [0.29, 0.717) is 12.1 Å². The van der Waals surface area contributed by atoms with Gasteiger partial charge in [0.25, 0.3) is 5.91 Å². The molecule has 0 unspecified atom stereocenters. The summed E-state index contributed by atoms with van der Waals surface area (Å²) in [6, 6.07) is 7.81. The molecule has 0 atom stereocenters. The summed E-state index contributed by atoms with van der Waals surface area (Å²) in [5, 5.41) is 10.4. The average Bonchev–Trinajstić information content (AvgIpc) is 2.86. The Morgan fingerprint density at radius 3 is 2.59 bits per heavy atom. The molecule has 0 aliphatic heterocycles. The Morgan fingerprint density at radius 1 is 1.27 bits per heavy atom. The van der Waals surface area contributed by atoms with Gasteiger partial charge in [0.1, 0.15) is 0 Å². The molecule has 0 radical (unpaired) electrons. The van der Waals surface area contributed by atoms with Gasteiger partial charge in [-0.05, 0) is 37.7 Å². The fourth-order valence-electron chi connectivity index (χ4n) is 2.01. The molecule has 1 aromatic heterocycles. The van der Waals surface area contributed by atoms with Gasteiger partial charge < -0.3 is 10.6 Å². The van der Waals surface area contributed by atoms with Crippen molar-refractivity contribution in [3.63, 3.8) is 0 Å². The zero-order valence-electron chi connectivity index (χ0n) is 12.6. The molecule has 0 saturated carbocycles. The van der Waals surface area contributed by atoms with Gasteiger partial charge in [-0.25, -0.2) is 4.68 Å². The zero-order chi connectivity index (χ0) is 15.2. The molecule has 0 saturated heterocycles.